The normalized spacial score (nSPS) is 22.6. The van der Waals surface area contributed by atoms with Crippen LogP contribution in [0, 0.1) is 0 Å². The highest BCUT2D eigenvalue weighted by Crippen LogP contribution is 2.37. The molecule has 2 fully saturated rings. The lowest BCUT2D eigenvalue weighted by Gasteiger charge is -2.52. The summed E-state index contributed by atoms with van der Waals surface area (Å²) in [5.74, 6) is 0. The first-order chi connectivity index (χ1) is 12.6. The van der Waals surface area contributed by atoms with Crippen molar-refractivity contribution in [1.29, 1.82) is 0 Å². The average Bonchev–Trinajstić information content (AvgIpc) is 2.55. The minimum Gasteiger partial charge on any atom is -0.444 e. The molecule has 1 aromatic rings. The molecule has 0 aliphatic carbocycles. The minimum atomic E-state index is -0.480. The Kier molecular flexibility index (Phi) is 5.55. The predicted octanol–water partition coefficient (Wildman–Crippen LogP) is 4.07. The third-order valence-corrected chi connectivity index (χ3v) is 5.21. The van der Waals surface area contributed by atoms with Crippen molar-refractivity contribution in [2.24, 2.45) is 0 Å². The highest BCUT2D eigenvalue weighted by atomic mass is 16.6. The zero-order valence-corrected chi connectivity index (χ0v) is 17.5. The molecule has 3 rings (SSSR count). The Hall–Kier alpha value is -1.59. The summed E-state index contributed by atoms with van der Waals surface area (Å²) in [4.78, 5) is 17.0. The molecule has 5 nitrogen and oxygen atoms in total. The first kappa shape index (κ1) is 20.2. The fraction of sp³-hybridized carbons (Fsp3) is 0.682. The SMILES string of the molecule is CC(C)(C)OC(=O)N1CC(C)(C)OC2(CCN(Cc3ccccc3)CC2)C1. The molecule has 27 heavy (non-hydrogen) atoms. The van der Waals surface area contributed by atoms with Crippen molar-refractivity contribution in [3.63, 3.8) is 0 Å². The molecule has 0 N–H and O–H groups in total. The molecule has 0 aromatic heterocycles. The molecule has 1 aromatic carbocycles. The smallest absolute Gasteiger partial charge is 0.410 e. The van der Waals surface area contributed by atoms with Gasteiger partial charge in [0.25, 0.3) is 0 Å². The van der Waals surface area contributed by atoms with Crippen LogP contribution in [-0.2, 0) is 16.0 Å². The molecule has 0 atom stereocenters. The maximum atomic E-state index is 12.7. The Balaban J connectivity index is 1.64. The lowest BCUT2D eigenvalue weighted by molar-refractivity contribution is -0.209. The summed E-state index contributed by atoms with van der Waals surface area (Å²) in [6, 6.07) is 10.6. The van der Waals surface area contributed by atoms with Crippen LogP contribution in [0.2, 0.25) is 0 Å². The number of piperidine rings is 1. The van der Waals surface area contributed by atoms with Gasteiger partial charge in [-0.05, 0) is 53.0 Å². The van der Waals surface area contributed by atoms with E-state index in [-0.39, 0.29) is 17.3 Å². The van der Waals surface area contributed by atoms with Crippen molar-refractivity contribution in [3.8, 4) is 0 Å². The number of ether oxygens (including phenoxy) is 2. The number of morpholine rings is 1. The van der Waals surface area contributed by atoms with Gasteiger partial charge in [0.05, 0.1) is 24.3 Å². The highest BCUT2D eigenvalue weighted by molar-refractivity contribution is 5.68. The topological polar surface area (TPSA) is 42.0 Å². The van der Waals surface area contributed by atoms with Gasteiger partial charge in [-0.2, -0.15) is 0 Å². The number of benzene rings is 1. The van der Waals surface area contributed by atoms with Crippen LogP contribution in [0.25, 0.3) is 0 Å². The molecule has 1 spiro atoms. The van der Waals surface area contributed by atoms with E-state index < -0.39 is 5.60 Å². The molecular formula is C22H34N2O3. The third-order valence-electron chi connectivity index (χ3n) is 5.21. The summed E-state index contributed by atoms with van der Waals surface area (Å²) in [5.41, 5.74) is 0.225. The number of carbonyl (C=O) groups is 1. The molecule has 2 saturated heterocycles. The lowest BCUT2D eigenvalue weighted by Crippen LogP contribution is -2.64. The zero-order valence-electron chi connectivity index (χ0n) is 17.5. The summed E-state index contributed by atoms with van der Waals surface area (Å²) in [5, 5.41) is 0. The van der Waals surface area contributed by atoms with Gasteiger partial charge in [0.1, 0.15) is 5.60 Å². The van der Waals surface area contributed by atoms with Crippen LogP contribution in [0.5, 0.6) is 0 Å². The van der Waals surface area contributed by atoms with Gasteiger partial charge in [-0.1, -0.05) is 30.3 Å². The van der Waals surface area contributed by atoms with Gasteiger partial charge >= 0.3 is 6.09 Å². The standard InChI is InChI=1S/C22H34N2O3/c1-20(2,3)26-19(25)24-16-21(4,5)27-22(17-24)11-13-23(14-12-22)15-18-9-7-6-8-10-18/h6-10H,11-17H2,1-5H3. The highest BCUT2D eigenvalue weighted by Gasteiger charge is 2.47. The number of carbonyl (C=O) groups excluding carboxylic acids is 1. The second-order valence-electron chi connectivity index (χ2n) is 9.64. The number of rotatable bonds is 2. The molecule has 2 heterocycles. The fourth-order valence-electron chi connectivity index (χ4n) is 4.19. The quantitative estimate of drug-likeness (QED) is 0.783. The van der Waals surface area contributed by atoms with Gasteiger partial charge in [-0.25, -0.2) is 4.79 Å². The van der Waals surface area contributed by atoms with Crippen molar-refractivity contribution in [2.75, 3.05) is 26.2 Å². The predicted molar refractivity (Wildman–Crippen MR) is 107 cm³/mol. The summed E-state index contributed by atoms with van der Waals surface area (Å²) < 4.78 is 12.2. The van der Waals surface area contributed by atoms with Gasteiger partial charge in [0.2, 0.25) is 0 Å². The lowest BCUT2D eigenvalue weighted by atomic mass is 9.86. The Morgan fingerprint density at radius 1 is 1.11 bits per heavy atom. The van der Waals surface area contributed by atoms with E-state index in [1.54, 1.807) is 0 Å². The summed E-state index contributed by atoms with van der Waals surface area (Å²) in [6.45, 7) is 14.0. The van der Waals surface area contributed by atoms with Crippen molar-refractivity contribution in [3.05, 3.63) is 35.9 Å². The molecule has 0 saturated carbocycles. The van der Waals surface area contributed by atoms with Gasteiger partial charge in [-0.3, -0.25) is 4.90 Å². The van der Waals surface area contributed by atoms with E-state index in [1.807, 2.05) is 25.7 Å². The molecular weight excluding hydrogens is 340 g/mol. The number of likely N-dealkylation sites (tertiary alicyclic amines) is 1. The molecule has 0 unspecified atom stereocenters. The fourth-order valence-corrected chi connectivity index (χ4v) is 4.19. The number of hydrogen-bond acceptors (Lipinski definition) is 4. The number of hydrogen-bond donors (Lipinski definition) is 0. The molecule has 2 aliphatic heterocycles. The van der Waals surface area contributed by atoms with Gasteiger partial charge in [0, 0.05) is 19.6 Å². The van der Waals surface area contributed by atoms with Crippen LogP contribution in [0.3, 0.4) is 0 Å². The van der Waals surface area contributed by atoms with Gasteiger partial charge in [0.15, 0.2) is 0 Å². The molecule has 1 amide bonds. The maximum absolute atomic E-state index is 12.7. The van der Waals surface area contributed by atoms with Crippen molar-refractivity contribution in [2.45, 2.75) is 70.8 Å². The third kappa shape index (κ3) is 5.45. The van der Waals surface area contributed by atoms with Crippen LogP contribution in [0.4, 0.5) is 4.79 Å². The Morgan fingerprint density at radius 2 is 1.74 bits per heavy atom. The summed E-state index contributed by atoms with van der Waals surface area (Å²) >= 11 is 0. The van der Waals surface area contributed by atoms with Gasteiger partial charge in [-0.15, -0.1) is 0 Å². The largest absolute Gasteiger partial charge is 0.444 e. The second kappa shape index (κ2) is 7.44. The Labute approximate surface area is 163 Å². The van der Waals surface area contributed by atoms with Crippen LogP contribution >= 0.6 is 0 Å². The molecule has 0 bridgehead atoms. The Bertz CT molecular complexity index is 643. The summed E-state index contributed by atoms with van der Waals surface area (Å²) in [6.07, 6.45) is 1.63. The van der Waals surface area contributed by atoms with E-state index in [1.165, 1.54) is 5.56 Å². The van der Waals surface area contributed by atoms with E-state index in [9.17, 15) is 4.79 Å². The molecule has 5 heteroatoms. The Morgan fingerprint density at radius 3 is 2.33 bits per heavy atom. The van der Waals surface area contributed by atoms with Crippen LogP contribution in [0.1, 0.15) is 53.0 Å². The van der Waals surface area contributed by atoms with E-state index in [2.05, 4.69) is 49.1 Å². The maximum Gasteiger partial charge on any atom is 0.410 e. The van der Waals surface area contributed by atoms with Gasteiger partial charge < -0.3 is 14.4 Å². The average molecular weight is 375 g/mol. The van der Waals surface area contributed by atoms with E-state index in [4.69, 9.17) is 9.47 Å². The molecule has 2 aliphatic rings. The summed E-state index contributed by atoms with van der Waals surface area (Å²) in [7, 11) is 0. The van der Waals surface area contributed by atoms with Crippen LogP contribution < -0.4 is 0 Å². The second-order valence-corrected chi connectivity index (χ2v) is 9.64. The van der Waals surface area contributed by atoms with E-state index in [0.29, 0.717) is 13.1 Å². The first-order valence-corrected chi connectivity index (χ1v) is 10.0. The van der Waals surface area contributed by atoms with Crippen LogP contribution in [0.15, 0.2) is 30.3 Å². The van der Waals surface area contributed by atoms with Crippen molar-refractivity contribution in [1.82, 2.24) is 9.80 Å². The molecule has 0 radical (unpaired) electrons. The van der Waals surface area contributed by atoms with Crippen molar-refractivity contribution >= 4 is 6.09 Å². The molecule has 150 valence electrons. The minimum absolute atomic E-state index is 0.232. The number of nitrogens with zero attached hydrogens (tertiary/aromatic N) is 2. The van der Waals surface area contributed by atoms with Crippen LogP contribution in [-0.4, -0.2) is 58.9 Å². The van der Waals surface area contributed by atoms with E-state index >= 15 is 0 Å². The van der Waals surface area contributed by atoms with E-state index in [0.717, 1.165) is 32.5 Å². The monoisotopic (exact) mass is 374 g/mol. The zero-order chi connectivity index (χ0) is 19.7. The van der Waals surface area contributed by atoms with Crippen molar-refractivity contribution < 1.29 is 14.3 Å². The number of amides is 1. The first-order valence-electron chi connectivity index (χ1n) is 10.0.